The molecule has 7 heteroatoms. The van der Waals surface area contributed by atoms with E-state index in [2.05, 4.69) is 14.3 Å². The molecule has 1 aliphatic carbocycles. The molecule has 0 fully saturated rings. The maximum absolute atomic E-state index is 11.3. The van der Waals surface area contributed by atoms with Crippen LogP contribution in [0.15, 0.2) is 21.8 Å². The van der Waals surface area contributed by atoms with Crippen LogP contribution in [0.5, 0.6) is 0 Å². The van der Waals surface area contributed by atoms with E-state index in [1.807, 2.05) is 0 Å². The summed E-state index contributed by atoms with van der Waals surface area (Å²) in [6, 6.07) is 1.75. The molecule has 0 atom stereocenters. The minimum atomic E-state index is -0.941. The van der Waals surface area contributed by atoms with Crippen LogP contribution >= 0.6 is 23.3 Å². The third-order valence-corrected chi connectivity index (χ3v) is 4.49. The van der Waals surface area contributed by atoms with Gasteiger partial charge < -0.3 is 5.11 Å². The molecule has 0 saturated carbocycles. The Morgan fingerprint density at radius 3 is 3.06 bits per heavy atom. The predicted octanol–water partition coefficient (Wildman–Crippen LogP) is 2.27. The van der Waals surface area contributed by atoms with Crippen LogP contribution in [0.2, 0.25) is 0 Å². The van der Waals surface area contributed by atoms with Crippen molar-refractivity contribution in [3.63, 3.8) is 0 Å². The molecule has 5 nitrogen and oxygen atoms in total. The summed E-state index contributed by atoms with van der Waals surface area (Å²) in [6.07, 6.45) is 4.36. The molecule has 2 heterocycles. The van der Waals surface area contributed by atoms with Crippen molar-refractivity contribution >= 4 is 29.3 Å². The van der Waals surface area contributed by atoms with Crippen molar-refractivity contribution in [3.8, 4) is 0 Å². The van der Waals surface area contributed by atoms with Crippen LogP contribution in [0, 0.1) is 0 Å². The third-order valence-electron chi connectivity index (χ3n) is 2.77. The molecule has 1 aliphatic rings. The van der Waals surface area contributed by atoms with E-state index >= 15 is 0 Å². The first kappa shape index (κ1) is 11.6. The van der Waals surface area contributed by atoms with Gasteiger partial charge in [0.25, 0.3) is 0 Å². The summed E-state index contributed by atoms with van der Waals surface area (Å²) in [5, 5.41) is 9.75. The highest BCUT2D eigenvalue weighted by atomic mass is 32.2. The number of carbonyl (C=O) groups is 1. The molecule has 1 N–H and O–H groups in total. The Kier molecular flexibility index (Phi) is 3.00. The molecule has 2 aromatic rings. The number of pyridine rings is 1. The van der Waals surface area contributed by atoms with E-state index in [0.717, 1.165) is 30.5 Å². The normalized spacial score (nSPS) is 13.6. The van der Waals surface area contributed by atoms with Crippen LogP contribution in [0.4, 0.5) is 0 Å². The lowest BCUT2D eigenvalue weighted by molar-refractivity contribution is 0.0692. The van der Waals surface area contributed by atoms with Gasteiger partial charge in [-0.3, -0.25) is 0 Å². The van der Waals surface area contributed by atoms with Gasteiger partial charge in [-0.05, 0) is 54.2 Å². The van der Waals surface area contributed by atoms with Gasteiger partial charge in [-0.1, -0.05) is 0 Å². The number of aromatic nitrogens is 3. The predicted molar refractivity (Wildman–Crippen MR) is 67.3 cm³/mol. The zero-order valence-electron chi connectivity index (χ0n) is 9.29. The van der Waals surface area contributed by atoms with Gasteiger partial charge in [0.2, 0.25) is 0 Å². The van der Waals surface area contributed by atoms with Gasteiger partial charge in [0.05, 0.1) is 5.56 Å². The molecule has 92 valence electrons. The van der Waals surface area contributed by atoms with Crippen LogP contribution < -0.4 is 0 Å². The highest BCUT2D eigenvalue weighted by Crippen LogP contribution is 2.32. The van der Waals surface area contributed by atoms with Gasteiger partial charge >= 0.3 is 5.97 Å². The van der Waals surface area contributed by atoms with Crippen molar-refractivity contribution < 1.29 is 9.90 Å². The quantitative estimate of drug-likeness (QED) is 0.928. The number of hydrogen-bond acceptors (Lipinski definition) is 6. The fourth-order valence-electron chi connectivity index (χ4n) is 1.97. The summed E-state index contributed by atoms with van der Waals surface area (Å²) in [4.78, 5) is 19.8. The first-order valence-corrected chi connectivity index (χ1v) is 7.03. The first-order chi connectivity index (χ1) is 8.74. The molecule has 0 radical (unpaired) electrons. The minimum absolute atomic E-state index is 0.260. The average molecular weight is 279 g/mol. The highest BCUT2D eigenvalue weighted by molar-refractivity contribution is 8.01. The lowest BCUT2D eigenvalue weighted by atomic mass is 10.1. The Hall–Kier alpha value is -1.47. The van der Waals surface area contributed by atoms with Crippen LogP contribution in [-0.2, 0) is 12.8 Å². The molecule has 0 spiro atoms. The van der Waals surface area contributed by atoms with Gasteiger partial charge in [0.15, 0.2) is 4.34 Å². The number of hydrogen-bond donors (Lipinski definition) is 1. The van der Waals surface area contributed by atoms with E-state index in [0.29, 0.717) is 9.37 Å². The first-order valence-electron chi connectivity index (χ1n) is 5.44. The Morgan fingerprint density at radius 2 is 2.33 bits per heavy atom. The molecule has 2 aromatic heterocycles. The average Bonchev–Trinajstić information content (AvgIpc) is 2.97. The summed E-state index contributed by atoms with van der Waals surface area (Å²) in [5.41, 5.74) is 2.34. The van der Waals surface area contributed by atoms with Crippen molar-refractivity contribution in [2.75, 3.05) is 0 Å². The summed E-state index contributed by atoms with van der Waals surface area (Å²) >= 11 is 2.51. The number of aryl methyl sites for hydroxylation is 2. The third kappa shape index (κ3) is 2.11. The van der Waals surface area contributed by atoms with E-state index in [-0.39, 0.29) is 5.56 Å². The van der Waals surface area contributed by atoms with Gasteiger partial charge in [0, 0.05) is 5.69 Å². The minimum Gasteiger partial charge on any atom is -0.478 e. The maximum Gasteiger partial charge on any atom is 0.338 e. The molecule has 0 unspecified atom stereocenters. The molecule has 0 aromatic carbocycles. The molecule has 0 aliphatic heterocycles. The Bertz CT molecular complexity index is 599. The van der Waals surface area contributed by atoms with Crippen LogP contribution in [-0.4, -0.2) is 25.4 Å². The Morgan fingerprint density at radius 1 is 1.44 bits per heavy atom. The van der Waals surface area contributed by atoms with Crippen molar-refractivity contribution in [1.82, 2.24) is 14.3 Å². The largest absolute Gasteiger partial charge is 0.478 e. The lowest BCUT2D eigenvalue weighted by Gasteiger charge is -2.06. The topological polar surface area (TPSA) is 76.0 Å². The van der Waals surface area contributed by atoms with E-state index in [1.165, 1.54) is 29.6 Å². The monoisotopic (exact) mass is 279 g/mol. The van der Waals surface area contributed by atoms with E-state index in [1.54, 1.807) is 6.07 Å². The molecule has 0 saturated heterocycles. The Labute approximate surface area is 111 Å². The van der Waals surface area contributed by atoms with E-state index in [4.69, 9.17) is 0 Å². The SMILES string of the molecule is O=C(O)c1cc2c(nc1Sc1ncns1)CCC2. The summed E-state index contributed by atoms with van der Waals surface area (Å²) in [5.74, 6) is -0.941. The molecule has 0 amide bonds. The molecule has 18 heavy (non-hydrogen) atoms. The van der Waals surface area contributed by atoms with Crippen LogP contribution in [0.1, 0.15) is 28.0 Å². The Balaban J connectivity index is 2.03. The van der Waals surface area contributed by atoms with Crippen molar-refractivity contribution in [1.29, 1.82) is 0 Å². The second-order valence-electron chi connectivity index (χ2n) is 3.91. The summed E-state index contributed by atoms with van der Waals surface area (Å²) in [6.45, 7) is 0. The number of carboxylic acids is 1. The van der Waals surface area contributed by atoms with Gasteiger partial charge in [-0.15, -0.1) is 0 Å². The highest BCUT2D eigenvalue weighted by Gasteiger charge is 2.21. The van der Waals surface area contributed by atoms with E-state index in [9.17, 15) is 9.90 Å². The zero-order valence-corrected chi connectivity index (χ0v) is 10.9. The smallest absolute Gasteiger partial charge is 0.338 e. The maximum atomic E-state index is 11.3. The zero-order chi connectivity index (χ0) is 12.5. The molecule has 3 rings (SSSR count). The summed E-state index contributed by atoms with van der Waals surface area (Å²) < 4.78 is 4.61. The van der Waals surface area contributed by atoms with Gasteiger partial charge in [-0.2, -0.15) is 4.37 Å². The number of fused-ring (bicyclic) bond motifs is 1. The summed E-state index contributed by atoms with van der Waals surface area (Å²) in [7, 11) is 0. The van der Waals surface area contributed by atoms with Crippen molar-refractivity contribution in [2.45, 2.75) is 28.6 Å². The number of nitrogens with zero attached hydrogens (tertiary/aromatic N) is 3. The second-order valence-corrected chi connectivity index (χ2v) is 5.93. The van der Waals surface area contributed by atoms with Crippen molar-refractivity contribution in [3.05, 3.63) is 29.2 Å². The number of rotatable bonds is 3. The van der Waals surface area contributed by atoms with Gasteiger partial charge in [0.1, 0.15) is 11.4 Å². The second kappa shape index (κ2) is 4.66. The van der Waals surface area contributed by atoms with Crippen molar-refractivity contribution in [2.24, 2.45) is 0 Å². The molecular weight excluding hydrogens is 270 g/mol. The van der Waals surface area contributed by atoms with Crippen LogP contribution in [0.3, 0.4) is 0 Å². The number of aromatic carboxylic acids is 1. The molecule has 0 bridgehead atoms. The van der Waals surface area contributed by atoms with Gasteiger partial charge in [-0.25, -0.2) is 14.8 Å². The fourth-order valence-corrected chi connectivity index (χ4v) is 3.45. The molecular formula is C11H9N3O2S2. The lowest BCUT2D eigenvalue weighted by Crippen LogP contribution is -2.04. The standard InChI is InChI=1S/C11H9N3O2S2/c15-10(16)7-4-6-2-1-3-8(6)14-9(7)17-11-12-5-13-18-11/h4-5H,1-3H2,(H,15,16). The number of carboxylic acid groups (broad SMARTS) is 1. The fraction of sp³-hybridized carbons (Fsp3) is 0.273. The van der Waals surface area contributed by atoms with Crippen LogP contribution in [0.25, 0.3) is 0 Å². The van der Waals surface area contributed by atoms with E-state index < -0.39 is 5.97 Å².